The third-order valence-corrected chi connectivity index (χ3v) is 5.93. The van der Waals surface area contributed by atoms with E-state index < -0.39 is 0 Å². The van der Waals surface area contributed by atoms with E-state index in [0.717, 1.165) is 37.3 Å². The molecule has 0 spiro atoms. The summed E-state index contributed by atoms with van der Waals surface area (Å²) in [5.41, 5.74) is 2.31. The van der Waals surface area contributed by atoms with Gasteiger partial charge >= 0.3 is 0 Å². The molecule has 138 valence electrons. The molecule has 1 aromatic carbocycles. The molecule has 2 saturated heterocycles. The highest BCUT2D eigenvalue weighted by atomic mass is 16.3. The fraction of sp³-hybridized carbons (Fsp3) is 0.524. The maximum Gasteiger partial charge on any atom is 0.222 e. The van der Waals surface area contributed by atoms with Gasteiger partial charge in [-0.1, -0.05) is 18.2 Å². The molecule has 0 bridgehead atoms. The van der Waals surface area contributed by atoms with E-state index in [1.165, 1.54) is 10.9 Å². The largest absolute Gasteiger partial charge is 0.396 e. The van der Waals surface area contributed by atoms with Crippen LogP contribution in [0, 0.1) is 12.8 Å². The van der Waals surface area contributed by atoms with E-state index in [4.69, 9.17) is 10.1 Å². The lowest BCUT2D eigenvalue weighted by molar-refractivity contribution is -0.139. The first-order valence-electron chi connectivity index (χ1n) is 9.69. The van der Waals surface area contributed by atoms with Crippen molar-refractivity contribution in [2.75, 3.05) is 31.1 Å². The first-order valence-corrected chi connectivity index (χ1v) is 9.69. The Morgan fingerprint density at radius 2 is 2.12 bits per heavy atom. The number of pyridine rings is 1. The van der Waals surface area contributed by atoms with E-state index >= 15 is 0 Å². The Bertz CT molecular complexity index is 807. The number of fused-ring (bicyclic) bond motifs is 2. The summed E-state index contributed by atoms with van der Waals surface area (Å²) in [5, 5.41) is 10.3. The average molecular weight is 353 g/mol. The number of aliphatic hydroxyl groups excluding tert-OH is 1. The van der Waals surface area contributed by atoms with Gasteiger partial charge in [-0.2, -0.15) is 0 Å². The third-order valence-electron chi connectivity index (χ3n) is 5.93. The number of nitrogens with zero attached hydrogens (tertiary/aromatic N) is 3. The Morgan fingerprint density at radius 3 is 2.96 bits per heavy atom. The van der Waals surface area contributed by atoms with Crippen LogP contribution in [0.1, 0.15) is 31.2 Å². The quantitative estimate of drug-likeness (QED) is 0.918. The minimum absolute atomic E-state index is 0.146. The van der Waals surface area contributed by atoms with Crippen molar-refractivity contribution >= 4 is 22.6 Å². The van der Waals surface area contributed by atoms with Crippen molar-refractivity contribution in [1.82, 2.24) is 9.88 Å². The molecule has 2 fully saturated rings. The van der Waals surface area contributed by atoms with Gasteiger partial charge in [0.05, 0.1) is 5.52 Å². The van der Waals surface area contributed by atoms with E-state index in [-0.39, 0.29) is 12.5 Å². The monoisotopic (exact) mass is 353 g/mol. The van der Waals surface area contributed by atoms with Crippen LogP contribution in [0.4, 0.5) is 5.82 Å². The molecule has 0 aliphatic carbocycles. The van der Waals surface area contributed by atoms with Crippen LogP contribution in [-0.4, -0.2) is 53.2 Å². The highest BCUT2D eigenvalue weighted by Gasteiger charge is 2.39. The number of carbonyl (C=O) groups is 1. The molecule has 5 nitrogen and oxygen atoms in total. The van der Waals surface area contributed by atoms with Crippen LogP contribution < -0.4 is 4.90 Å². The maximum atomic E-state index is 12.3. The maximum absolute atomic E-state index is 12.3. The molecule has 1 aromatic heterocycles. The van der Waals surface area contributed by atoms with Gasteiger partial charge in [0.25, 0.3) is 0 Å². The van der Waals surface area contributed by atoms with Gasteiger partial charge < -0.3 is 14.9 Å². The standard InChI is InChI=1S/C21H27N3O2/c1-15-13-20(22-18-6-3-2-5-17(15)18)23-11-9-19-16(14-23)7-8-21(26)24(19)10-4-12-25/h2-3,5-6,13,16,19,25H,4,7-12,14H2,1H3/t16-,19+/m0/s1. The lowest BCUT2D eigenvalue weighted by Gasteiger charge is -2.47. The smallest absolute Gasteiger partial charge is 0.222 e. The van der Waals surface area contributed by atoms with E-state index in [9.17, 15) is 4.79 Å². The molecule has 5 heteroatoms. The number of aromatic nitrogens is 1. The van der Waals surface area contributed by atoms with Crippen molar-refractivity contribution in [3.05, 3.63) is 35.9 Å². The average Bonchev–Trinajstić information content (AvgIpc) is 2.67. The number of amides is 1. The SMILES string of the molecule is Cc1cc(N2CC[C@@H]3[C@@H](CCC(=O)N3CCCO)C2)nc2ccccc12. The van der Waals surface area contributed by atoms with Gasteiger partial charge in [0.2, 0.25) is 5.91 Å². The third kappa shape index (κ3) is 3.16. The Balaban J connectivity index is 1.54. The second-order valence-corrected chi connectivity index (χ2v) is 7.58. The highest BCUT2D eigenvalue weighted by Crippen LogP contribution is 2.34. The van der Waals surface area contributed by atoms with E-state index in [1.54, 1.807) is 0 Å². The number of para-hydroxylation sites is 1. The molecule has 0 unspecified atom stereocenters. The van der Waals surface area contributed by atoms with Crippen LogP contribution in [0.3, 0.4) is 0 Å². The van der Waals surface area contributed by atoms with Gasteiger partial charge in [-0.15, -0.1) is 0 Å². The highest BCUT2D eigenvalue weighted by molar-refractivity contribution is 5.84. The second kappa shape index (κ2) is 7.23. The van der Waals surface area contributed by atoms with Gasteiger partial charge in [0.15, 0.2) is 0 Å². The molecule has 0 radical (unpaired) electrons. The zero-order valence-electron chi connectivity index (χ0n) is 15.4. The molecule has 1 amide bonds. The summed E-state index contributed by atoms with van der Waals surface area (Å²) in [5.74, 6) is 1.81. The van der Waals surface area contributed by atoms with E-state index in [0.29, 0.717) is 31.3 Å². The number of rotatable bonds is 4. The summed E-state index contributed by atoms with van der Waals surface area (Å²) in [4.78, 5) is 21.6. The number of benzene rings is 1. The molecule has 3 heterocycles. The van der Waals surface area contributed by atoms with Crippen molar-refractivity contribution in [3.8, 4) is 0 Å². The van der Waals surface area contributed by atoms with Crippen molar-refractivity contribution in [3.63, 3.8) is 0 Å². The number of aliphatic hydroxyl groups is 1. The predicted molar refractivity (Wildman–Crippen MR) is 103 cm³/mol. The molecule has 2 aromatic rings. The van der Waals surface area contributed by atoms with Gasteiger partial charge in [0.1, 0.15) is 5.82 Å². The topological polar surface area (TPSA) is 56.7 Å². The summed E-state index contributed by atoms with van der Waals surface area (Å²) >= 11 is 0. The number of aryl methyl sites for hydroxylation is 1. The van der Waals surface area contributed by atoms with Crippen LogP contribution in [0.2, 0.25) is 0 Å². The second-order valence-electron chi connectivity index (χ2n) is 7.58. The van der Waals surface area contributed by atoms with Crippen molar-refractivity contribution < 1.29 is 9.90 Å². The normalized spacial score (nSPS) is 23.4. The molecule has 2 aliphatic rings. The van der Waals surface area contributed by atoms with Gasteiger partial charge in [0, 0.05) is 44.1 Å². The van der Waals surface area contributed by atoms with Crippen LogP contribution in [0.5, 0.6) is 0 Å². The lowest BCUT2D eigenvalue weighted by atomic mass is 9.83. The van der Waals surface area contributed by atoms with Gasteiger partial charge in [-0.05, 0) is 49.8 Å². The fourth-order valence-electron chi connectivity index (χ4n) is 4.58. The number of likely N-dealkylation sites (tertiary alicyclic amines) is 1. The number of hydrogen-bond donors (Lipinski definition) is 1. The Morgan fingerprint density at radius 1 is 1.27 bits per heavy atom. The first kappa shape index (κ1) is 17.3. The van der Waals surface area contributed by atoms with Crippen molar-refractivity contribution in [1.29, 1.82) is 0 Å². The van der Waals surface area contributed by atoms with Crippen LogP contribution in [0.25, 0.3) is 10.9 Å². The zero-order valence-corrected chi connectivity index (χ0v) is 15.4. The number of piperidine rings is 2. The van der Waals surface area contributed by atoms with E-state index in [1.807, 2.05) is 11.0 Å². The molecule has 2 aliphatic heterocycles. The number of carbonyl (C=O) groups excluding carboxylic acids is 1. The minimum Gasteiger partial charge on any atom is -0.396 e. The Hall–Kier alpha value is -2.14. The minimum atomic E-state index is 0.146. The van der Waals surface area contributed by atoms with Crippen LogP contribution in [0.15, 0.2) is 30.3 Å². The lowest BCUT2D eigenvalue weighted by Crippen LogP contribution is -2.56. The Labute approximate surface area is 154 Å². The predicted octanol–water partition coefficient (Wildman–Crippen LogP) is 2.74. The van der Waals surface area contributed by atoms with Gasteiger partial charge in [-0.25, -0.2) is 4.98 Å². The number of hydrogen-bond acceptors (Lipinski definition) is 4. The molecule has 2 atom stereocenters. The summed E-state index contributed by atoms with van der Waals surface area (Å²) in [7, 11) is 0. The molecular weight excluding hydrogens is 326 g/mol. The fourth-order valence-corrected chi connectivity index (χ4v) is 4.58. The van der Waals surface area contributed by atoms with E-state index in [2.05, 4.69) is 36.1 Å². The summed E-state index contributed by atoms with van der Waals surface area (Å²) in [6, 6.07) is 10.8. The Kier molecular flexibility index (Phi) is 4.81. The van der Waals surface area contributed by atoms with Crippen LogP contribution in [-0.2, 0) is 4.79 Å². The zero-order chi connectivity index (χ0) is 18.1. The molecule has 1 N–H and O–H groups in total. The molecule has 0 saturated carbocycles. The summed E-state index contributed by atoms with van der Waals surface area (Å²) in [6.45, 7) is 4.86. The first-order chi connectivity index (χ1) is 12.7. The van der Waals surface area contributed by atoms with Crippen molar-refractivity contribution in [2.24, 2.45) is 5.92 Å². The van der Waals surface area contributed by atoms with Crippen LogP contribution >= 0.6 is 0 Å². The van der Waals surface area contributed by atoms with Gasteiger partial charge in [-0.3, -0.25) is 4.79 Å². The molecular formula is C21H27N3O2. The summed E-state index contributed by atoms with van der Waals surface area (Å²) in [6.07, 6.45) is 3.24. The molecule has 4 rings (SSSR count). The summed E-state index contributed by atoms with van der Waals surface area (Å²) < 4.78 is 0. The van der Waals surface area contributed by atoms with Crippen molar-refractivity contribution in [2.45, 2.75) is 38.6 Å². The molecule has 26 heavy (non-hydrogen) atoms. The number of anilines is 1.